The van der Waals surface area contributed by atoms with E-state index in [1.165, 1.54) is 24.3 Å². The first-order chi connectivity index (χ1) is 15.8. The van der Waals surface area contributed by atoms with Gasteiger partial charge in [0.25, 0.3) is 5.91 Å². The number of benzene rings is 2. The van der Waals surface area contributed by atoms with Crippen molar-refractivity contribution in [2.24, 2.45) is 0 Å². The van der Waals surface area contributed by atoms with Gasteiger partial charge >= 0.3 is 5.76 Å². The highest BCUT2D eigenvalue weighted by atomic mass is 32.2. The second-order valence-corrected chi connectivity index (χ2v) is 8.45. The first-order valence-corrected chi connectivity index (χ1v) is 10.9. The fourth-order valence-electron chi connectivity index (χ4n) is 2.82. The third-order valence-corrected chi connectivity index (χ3v) is 5.81. The zero-order chi connectivity index (χ0) is 23.4. The van der Waals surface area contributed by atoms with Crippen LogP contribution >= 0.6 is 0 Å². The van der Waals surface area contributed by atoms with E-state index >= 15 is 0 Å². The van der Waals surface area contributed by atoms with Gasteiger partial charge in [0.15, 0.2) is 5.82 Å². The molecule has 0 radical (unpaired) electrons. The van der Waals surface area contributed by atoms with Crippen molar-refractivity contribution in [3.8, 4) is 17.4 Å². The van der Waals surface area contributed by atoms with Gasteiger partial charge < -0.3 is 10.1 Å². The van der Waals surface area contributed by atoms with Crippen molar-refractivity contribution in [1.29, 1.82) is 0 Å². The van der Waals surface area contributed by atoms with Crippen LogP contribution in [0.15, 0.2) is 84.0 Å². The van der Waals surface area contributed by atoms with Gasteiger partial charge in [0.2, 0.25) is 15.7 Å². The van der Waals surface area contributed by atoms with Crippen LogP contribution in [0.3, 0.4) is 0 Å². The summed E-state index contributed by atoms with van der Waals surface area (Å²) in [5.41, 5.74) is -0.0811. The van der Waals surface area contributed by atoms with Crippen LogP contribution in [0.25, 0.3) is 5.82 Å². The van der Waals surface area contributed by atoms with Crippen LogP contribution in [0.5, 0.6) is 11.6 Å². The van der Waals surface area contributed by atoms with Gasteiger partial charge in [-0.25, -0.2) is 13.1 Å². The van der Waals surface area contributed by atoms with E-state index in [0.29, 0.717) is 17.3 Å². The van der Waals surface area contributed by atoms with Gasteiger partial charge in [-0.1, -0.05) is 12.1 Å². The molecule has 0 aliphatic carbocycles. The molecular formula is C21H15F2N5O4S. The molecule has 0 atom stereocenters. The molecule has 12 heteroatoms. The molecule has 0 bridgehead atoms. The Morgan fingerprint density at radius 2 is 1.73 bits per heavy atom. The minimum absolute atomic E-state index is 0.230. The molecule has 0 fully saturated rings. The Labute approximate surface area is 186 Å². The van der Waals surface area contributed by atoms with Gasteiger partial charge in [-0.15, -0.1) is 10.2 Å². The lowest BCUT2D eigenvalue weighted by atomic mass is 10.2. The molecule has 0 spiro atoms. The normalized spacial score (nSPS) is 11.4. The predicted octanol–water partition coefficient (Wildman–Crippen LogP) is 3.70. The Hall–Kier alpha value is -4.19. The van der Waals surface area contributed by atoms with E-state index in [2.05, 4.69) is 20.6 Å². The van der Waals surface area contributed by atoms with Crippen molar-refractivity contribution in [1.82, 2.24) is 20.0 Å². The second-order valence-electron chi connectivity index (χ2n) is 6.56. The number of nitrogens with zero attached hydrogens (tertiary/aromatic N) is 4. The van der Waals surface area contributed by atoms with E-state index in [1.807, 2.05) is 0 Å². The highest BCUT2D eigenvalue weighted by Gasteiger charge is 2.30. The summed E-state index contributed by atoms with van der Waals surface area (Å²) in [6, 6.07) is 15.9. The molecule has 0 unspecified atom stereocenters. The molecule has 1 N–H and O–H groups in total. The van der Waals surface area contributed by atoms with Crippen molar-refractivity contribution in [3.05, 3.63) is 84.7 Å². The molecule has 168 valence electrons. The van der Waals surface area contributed by atoms with E-state index in [0.717, 1.165) is 12.1 Å². The van der Waals surface area contributed by atoms with Crippen LogP contribution in [0.2, 0.25) is 0 Å². The molecule has 1 amide bonds. The van der Waals surface area contributed by atoms with Crippen molar-refractivity contribution in [3.63, 3.8) is 0 Å². The maximum Gasteiger partial charge on any atom is 0.341 e. The number of aromatic nitrogens is 4. The predicted molar refractivity (Wildman–Crippen MR) is 113 cm³/mol. The lowest BCUT2D eigenvalue weighted by Gasteiger charge is -2.11. The number of alkyl halides is 2. The second kappa shape index (κ2) is 9.12. The van der Waals surface area contributed by atoms with Crippen LogP contribution in [0, 0.1) is 0 Å². The summed E-state index contributed by atoms with van der Waals surface area (Å²) < 4.78 is 56.7. The standard InChI is InChI=1S/C21H15F2N5O4S/c22-21(23)33(30,31)17-5-2-1-4-16(17)20(29)25-14-6-8-15(9-7-14)32-19-11-10-18(26-27-19)28-13-3-12-24-28/h1-13,21H,(H,25,29). The molecule has 2 heterocycles. The molecule has 0 aliphatic rings. The minimum atomic E-state index is -4.94. The van der Waals surface area contributed by atoms with E-state index in [9.17, 15) is 22.0 Å². The monoisotopic (exact) mass is 471 g/mol. The number of hydrogen-bond acceptors (Lipinski definition) is 7. The third kappa shape index (κ3) is 4.85. The fraction of sp³-hybridized carbons (Fsp3) is 0.0476. The number of hydrogen-bond donors (Lipinski definition) is 1. The smallest absolute Gasteiger partial charge is 0.341 e. The van der Waals surface area contributed by atoms with Gasteiger partial charge in [0, 0.05) is 24.1 Å². The van der Waals surface area contributed by atoms with Crippen LogP contribution in [0.4, 0.5) is 14.5 Å². The number of rotatable bonds is 7. The number of carbonyl (C=O) groups excluding carboxylic acids is 1. The minimum Gasteiger partial charge on any atom is -0.438 e. The lowest BCUT2D eigenvalue weighted by Crippen LogP contribution is -2.19. The van der Waals surface area contributed by atoms with Crippen molar-refractivity contribution in [2.45, 2.75) is 10.7 Å². The lowest BCUT2D eigenvalue weighted by molar-refractivity contribution is 0.102. The first kappa shape index (κ1) is 22.0. The van der Waals surface area contributed by atoms with E-state index in [4.69, 9.17) is 4.74 Å². The summed E-state index contributed by atoms with van der Waals surface area (Å²) in [5, 5.41) is 14.5. The van der Waals surface area contributed by atoms with Gasteiger partial charge in [0.05, 0.1) is 10.5 Å². The number of halogens is 2. The quantitative estimate of drug-likeness (QED) is 0.437. The van der Waals surface area contributed by atoms with Gasteiger partial charge in [0.1, 0.15) is 5.75 Å². The van der Waals surface area contributed by atoms with E-state index in [1.54, 1.807) is 47.4 Å². The molecule has 2 aromatic heterocycles. The van der Waals surface area contributed by atoms with Gasteiger partial charge in [-0.3, -0.25) is 4.79 Å². The Kier molecular flexibility index (Phi) is 6.09. The van der Waals surface area contributed by atoms with Crippen LogP contribution in [0.1, 0.15) is 10.4 Å². The Balaban J connectivity index is 1.45. The van der Waals surface area contributed by atoms with Crippen LogP contribution in [-0.4, -0.2) is 40.1 Å². The largest absolute Gasteiger partial charge is 0.438 e. The highest BCUT2D eigenvalue weighted by molar-refractivity contribution is 7.91. The Bertz CT molecular complexity index is 1360. The average Bonchev–Trinajstić information content (AvgIpc) is 3.36. The van der Waals surface area contributed by atoms with Crippen LogP contribution in [-0.2, 0) is 9.84 Å². The maximum atomic E-state index is 12.9. The molecule has 0 saturated carbocycles. The number of carbonyl (C=O) groups is 1. The summed E-state index contributed by atoms with van der Waals surface area (Å²) in [6.07, 6.45) is 3.33. The Morgan fingerprint density at radius 1 is 0.970 bits per heavy atom. The van der Waals surface area contributed by atoms with Gasteiger partial charge in [-0.2, -0.15) is 13.9 Å². The maximum absolute atomic E-state index is 12.9. The molecule has 2 aromatic carbocycles. The van der Waals surface area contributed by atoms with Gasteiger partial charge in [-0.05, 0) is 48.5 Å². The number of anilines is 1. The first-order valence-electron chi connectivity index (χ1n) is 9.39. The summed E-state index contributed by atoms with van der Waals surface area (Å²) >= 11 is 0. The molecule has 33 heavy (non-hydrogen) atoms. The topological polar surface area (TPSA) is 116 Å². The zero-order valence-electron chi connectivity index (χ0n) is 16.7. The summed E-state index contributed by atoms with van der Waals surface area (Å²) in [4.78, 5) is 11.8. The summed E-state index contributed by atoms with van der Waals surface area (Å²) in [6.45, 7) is 0. The number of nitrogens with one attached hydrogen (secondary N) is 1. The SMILES string of the molecule is O=C(Nc1ccc(Oc2ccc(-n3cccn3)nn2)cc1)c1ccccc1S(=O)(=O)C(F)F. The van der Waals surface area contributed by atoms with Crippen molar-refractivity contribution >= 4 is 21.4 Å². The third-order valence-electron chi connectivity index (χ3n) is 4.37. The highest BCUT2D eigenvalue weighted by Crippen LogP contribution is 2.25. The Morgan fingerprint density at radius 3 is 2.36 bits per heavy atom. The van der Waals surface area contributed by atoms with E-state index in [-0.39, 0.29) is 11.4 Å². The molecule has 0 aliphatic heterocycles. The molecule has 9 nitrogen and oxygen atoms in total. The van der Waals surface area contributed by atoms with E-state index < -0.39 is 26.4 Å². The van der Waals surface area contributed by atoms with Crippen LogP contribution < -0.4 is 10.1 Å². The number of sulfone groups is 1. The molecule has 0 saturated heterocycles. The molecular weight excluding hydrogens is 456 g/mol. The molecule has 4 aromatic rings. The number of ether oxygens (including phenoxy) is 1. The average molecular weight is 471 g/mol. The molecule has 4 rings (SSSR count). The number of amides is 1. The zero-order valence-corrected chi connectivity index (χ0v) is 17.5. The van der Waals surface area contributed by atoms with Crippen molar-refractivity contribution < 1.29 is 26.7 Å². The summed E-state index contributed by atoms with van der Waals surface area (Å²) in [5.74, 6) is -3.34. The van der Waals surface area contributed by atoms with Crippen molar-refractivity contribution in [2.75, 3.05) is 5.32 Å². The summed E-state index contributed by atoms with van der Waals surface area (Å²) in [7, 11) is -4.94. The fourth-order valence-corrected chi connectivity index (χ4v) is 3.75.